The SMILES string of the molecule is CCC1=NC(/C=C/c2c(C3CC3)nc3ccccc3c2-c2ccc(F)cc2)CCC1. The first-order valence-corrected chi connectivity index (χ1v) is 11.1. The van der Waals surface area contributed by atoms with E-state index < -0.39 is 0 Å². The van der Waals surface area contributed by atoms with Gasteiger partial charge in [0.1, 0.15) is 5.82 Å². The highest BCUT2D eigenvalue weighted by atomic mass is 19.1. The normalized spacial score (nSPS) is 19.4. The topological polar surface area (TPSA) is 25.2 Å². The molecule has 2 aliphatic rings. The first-order chi connectivity index (χ1) is 14.7. The molecule has 152 valence electrons. The van der Waals surface area contributed by atoms with E-state index in [2.05, 4.69) is 37.3 Å². The lowest BCUT2D eigenvalue weighted by molar-refractivity contribution is 0.628. The van der Waals surface area contributed by atoms with Crippen molar-refractivity contribution in [1.29, 1.82) is 0 Å². The molecule has 30 heavy (non-hydrogen) atoms. The molecule has 5 rings (SSSR count). The summed E-state index contributed by atoms with van der Waals surface area (Å²) in [6.07, 6.45) is 11.4. The van der Waals surface area contributed by atoms with Gasteiger partial charge in [0.2, 0.25) is 0 Å². The Morgan fingerprint density at radius 3 is 2.60 bits per heavy atom. The van der Waals surface area contributed by atoms with Crippen LogP contribution in [-0.2, 0) is 0 Å². The van der Waals surface area contributed by atoms with Gasteiger partial charge in [-0.05, 0) is 62.3 Å². The number of hydrogen-bond acceptors (Lipinski definition) is 2. The summed E-state index contributed by atoms with van der Waals surface area (Å²) in [6.45, 7) is 2.19. The van der Waals surface area contributed by atoms with Crippen LogP contribution >= 0.6 is 0 Å². The van der Waals surface area contributed by atoms with Crippen molar-refractivity contribution in [3.8, 4) is 11.1 Å². The van der Waals surface area contributed by atoms with Crippen molar-refractivity contribution in [3.05, 3.63) is 71.7 Å². The average molecular weight is 399 g/mol. The summed E-state index contributed by atoms with van der Waals surface area (Å²) in [5, 5.41) is 1.12. The molecule has 1 fully saturated rings. The van der Waals surface area contributed by atoms with Crippen molar-refractivity contribution in [2.75, 3.05) is 0 Å². The van der Waals surface area contributed by atoms with Crippen LogP contribution < -0.4 is 0 Å². The summed E-state index contributed by atoms with van der Waals surface area (Å²) in [4.78, 5) is 10.0. The molecule has 0 amide bonds. The summed E-state index contributed by atoms with van der Waals surface area (Å²) in [7, 11) is 0. The van der Waals surface area contributed by atoms with Crippen molar-refractivity contribution < 1.29 is 4.39 Å². The molecular formula is C27H27FN2. The quantitative estimate of drug-likeness (QED) is 0.441. The van der Waals surface area contributed by atoms with Crippen molar-refractivity contribution in [2.45, 2.75) is 57.4 Å². The molecule has 0 N–H and O–H groups in total. The zero-order chi connectivity index (χ0) is 20.5. The third-order valence-corrected chi connectivity index (χ3v) is 6.26. The number of fused-ring (bicyclic) bond motifs is 1. The molecule has 3 aromatic rings. The number of aliphatic imine (C=N–C) groups is 1. The van der Waals surface area contributed by atoms with Gasteiger partial charge in [0.15, 0.2) is 0 Å². The number of nitrogens with zero attached hydrogens (tertiary/aromatic N) is 2. The first-order valence-electron chi connectivity index (χ1n) is 11.1. The summed E-state index contributed by atoms with van der Waals surface area (Å²) in [6, 6.07) is 15.4. The number of para-hydroxylation sites is 1. The van der Waals surface area contributed by atoms with E-state index in [1.54, 1.807) is 12.1 Å². The first kappa shape index (κ1) is 19.2. The van der Waals surface area contributed by atoms with E-state index in [-0.39, 0.29) is 11.9 Å². The van der Waals surface area contributed by atoms with Crippen molar-refractivity contribution in [1.82, 2.24) is 4.98 Å². The van der Waals surface area contributed by atoms with Gasteiger partial charge in [-0.15, -0.1) is 0 Å². The molecule has 1 unspecified atom stereocenters. The third kappa shape index (κ3) is 3.81. The van der Waals surface area contributed by atoms with Gasteiger partial charge in [0, 0.05) is 28.1 Å². The standard InChI is InChI=1S/C27H27FN2/c1-2-21-6-5-7-22(29-21)16-17-24-26(18-12-14-20(28)15-13-18)23-8-3-4-9-25(23)30-27(24)19-10-11-19/h3-4,8-9,12-17,19,22H,2,5-7,10-11H2,1H3/b17-16+. The van der Waals surface area contributed by atoms with Crippen LogP contribution in [0.1, 0.15) is 62.6 Å². The molecule has 3 heteroatoms. The fourth-order valence-electron chi connectivity index (χ4n) is 4.50. The monoisotopic (exact) mass is 398 g/mol. The lowest BCUT2D eigenvalue weighted by Gasteiger charge is -2.18. The Kier molecular flexibility index (Phi) is 5.20. The predicted octanol–water partition coefficient (Wildman–Crippen LogP) is 7.34. The van der Waals surface area contributed by atoms with Crippen LogP contribution in [0.15, 0.2) is 59.6 Å². The fourth-order valence-corrected chi connectivity index (χ4v) is 4.50. The van der Waals surface area contributed by atoms with E-state index in [9.17, 15) is 4.39 Å². The van der Waals surface area contributed by atoms with Gasteiger partial charge in [-0.3, -0.25) is 9.98 Å². The minimum atomic E-state index is -0.208. The number of aromatic nitrogens is 1. The maximum absolute atomic E-state index is 13.7. The highest BCUT2D eigenvalue weighted by Gasteiger charge is 2.29. The second-order valence-corrected chi connectivity index (χ2v) is 8.45. The highest BCUT2D eigenvalue weighted by Crippen LogP contribution is 2.45. The molecule has 0 spiro atoms. The summed E-state index contributed by atoms with van der Waals surface area (Å²) >= 11 is 0. The maximum Gasteiger partial charge on any atom is 0.123 e. The lowest BCUT2D eigenvalue weighted by Crippen LogP contribution is -2.12. The second-order valence-electron chi connectivity index (χ2n) is 8.45. The summed E-state index contributed by atoms with van der Waals surface area (Å²) in [5.41, 5.74) is 6.90. The van der Waals surface area contributed by atoms with Crippen LogP contribution in [0.3, 0.4) is 0 Å². The molecule has 1 aromatic heterocycles. The molecule has 1 aliphatic heterocycles. The molecule has 1 atom stereocenters. The minimum absolute atomic E-state index is 0.208. The Bertz CT molecular complexity index is 1120. The van der Waals surface area contributed by atoms with Crippen molar-refractivity contribution in [3.63, 3.8) is 0 Å². The maximum atomic E-state index is 13.7. The number of rotatable bonds is 5. The van der Waals surface area contributed by atoms with E-state index >= 15 is 0 Å². The Morgan fingerprint density at radius 2 is 1.83 bits per heavy atom. The molecule has 2 aromatic carbocycles. The van der Waals surface area contributed by atoms with E-state index in [1.807, 2.05) is 18.2 Å². The summed E-state index contributed by atoms with van der Waals surface area (Å²) in [5.74, 6) is 0.315. The predicted molar refractivity (Wildman–Crippen MR) is 124 cm³/mol. The summed E-state index contributed by atoms with van der Waals surface area (Å²) < 4.78 is 13.7. The second kappa shape index (κ2) is 8.14. The third-order valence-electron chi connectivity index (χ3n) is 6.26. The van der Waals surface area contributed by atoms with Crippen LogP contribution in [-0.4, -0.2) is 16.7 Å². The average Bonchev–Trinajstić information content (AvgIpc) is 3.63. The van der Waals surface area contributed by atoms with Gasteiger partial charge >= 0.3 is 0 Å². The zero-order valence-electron chi connectivity index (χ0n) is 17.4. The van der Waals surface area contributed by atoms with Crippen LogP contribution in [0.4, 0.5) is 4.39 Å². The van der Waals surface area contributed by atoms with Crippen molar-refractivity contribution >= 4 is 22.7 Å². The van der Waals surface area contributed by atoms with E-state index in [0.29, 0.717) is 5.92 Å². The number of hydrogen-bond donors (Lipinski definition) is 0. The minimum Gasteiger partial charge on any atom is -0.287 e. The van der Waals surface area contributed by atoms with Gasteiger partial charge in [0.05, 0.1) is 17.3 Å². The molecule has 0 saturated heterocycles. The van der Waals surface area contributed by atoms with Crippen molar-refractivity contribution in [2.24, 2.45) is 4.99 Å². The van der Waals surface area contributed by atoms with Gasteiger partial charge in [-0.2, -0.15) is 0 Å². The van der Waals surface area contributed by atoms with Gasteiger partial charge < -0.3 is 0 Å². The van der Waals surface area contributed by atoms with E-state index in [4.69, 9.17) is 9.98 Å². The molecule has 1 aliphatic carbocycles. The Morgan fingerprint density at radius 1 is 1.03 bits per heavy atom. The fraction of sp³-hybridized carbons (Fsp3) is 0.333. The highest BCUT2D eigenvalue weighted by molar-refractivity contribution is 5.99. The Balaban J connectivity index is 1.69. The molecule has 2 nitrogen and oxygen atoms in total. The van der Waals surface area contributed by atoms with Crippen LogP contribution in [0, 0.1) is 5.82 Å². The number of halogens is 1. The molecular weight excluding hydrogens is 371 g/mol. The largest absolute Gasteiger partial charge is 0.287 e. The van der Waals surface area contributed by atoms with Gasteiger partial charge in [-0.1, -0.05) is 49.4 Å². The lowest BCUT2D eigenvalue weighted by atomic mass is 9.91. The Labute approximate surface area is 177 Å². The number of benzene rings is 2. The zero-order valence-corrected chi connectivity index (χ0v) is 17.4. The van der Waals surface area contributed by atoms with Crippen LogP contribution in [0.25, 0.3) is 28.1 Å². The van der Waals surface area contributed by atoms with Gasteiger partial charge in [0.25, 0.3) is 0 Å². The molecule has 0 bridgehead atoms. The van der Waals surface area contributed by atoms with E-state index in [1.165, 1.54) is 36.2 Å². The van der Waals surface area contributed by atoms with Gasteiger partial charge in [-0.25, -0.2) is 4.39 Å². The molecule has 1 saturated carbocycles. The molecule has 2 heterocycles. The smallest absolute Gasteiger partial charge is 0.123 e. The molecule has 0 radical (unpaired) electrons. The van der Waals surface area contributed by atoms with Crippen LogP contribution in [0.2, 0.25) is 0 Å². The van der Waals surface area contributed by atoms with Crippen LogP contribution in [0.5, 0.6) is 0 Å². The Hall–Kier alpha value is -2.81. The van der Waals surface area contributed by atoms with E-state index in [0.717, 1.165) is 41.3 Å². The number of pyridine rings is 1.